The van der Waals surface area contributed by atoms with Crippen molar-refractivity contribution in [1.82, 2.24) is 14.9 Å². The molecular weight excluding hydrogens is 416 g/mol. The number of nitrogens with one attached hydrogen (secondary N) is 1. The Kier molecular flexibility index (Phi) is 6.24. The lowest BCUT2D eigenvalue weighted by Crippen LogP contribution is -2.45. The first-order chi connectivity index (χ1) is 14.9. The number of rotatable bonds is 5. The van der Waals surface area contributed by atoms with Gasteiger partial charge in [0, 0.05) is 24.2 Å². The van der Waals surface area contributed by atoms with E-state index in [1.807, 2.05) is 26.8 Å². The van der Waals surface area contributed by atoms with E-state index in [0.29, 0.717) is 53.1 Å². The first kappa shape index (κ1) is 21.3. The van der Waals surface area contributed by atoms with E-state index in [0.717, 1.165) is 5.56 Å². The number of thioether (sulfide) groups is 1. The quantitative estimate of drug-likeness (QED) is 0.479. The van der Waals surface area contributed by atoms with Crippen LogP contribution in [0.4, 0.5) is 5.82 Å². The predicted molar refractivity (Wildman–Crippen MR) is 118 cm³/mol. The van der Waals surface area contributed by atoms with E-state index in [9.17, 15) is 9.59 Å². The van der Waals surface area contributed by atoms with Crippen LogP contribution < -0.4 is 5.32 Å². The number of nitrogens with zero attached hydrogens (tertiary/aromatic N) is 3. The third-order valence-corrected chi connectivity index (χ3v) is 6.03. The van der Waals surface area contributed by atoms with Crippen LogP contribution in [0.5, 0.6) is 0 Å². The maximum absolute atomic E-state index is 12.7. The number of fused-ring (bicyclic) bond motifs is 1. The van der Waals surface area contributed by atoms with Crippen LogP contribution >= 0.6 is 11.8 Å². The molecule has 1 atom stereocenters. The van der Waals surface area contributed by atoms with Crippen LogP contribution in [0.2, 0.25) is 0 Å². The van der Waals surface area contributed by atoms with Crippen molar-refractivity contribution in [3.63, 3.8) is 0 Å². The number of amides is 2. The number of benzene rings is 1. The lowest BCUT2D eigenvalue weighted by Gasteiger charge is -2.31. The van der Waals surface area contributed by atoms with E-state index in [1.54, 1.807) is 29.2 Å². The van der Waals surface area contributed by atoms with E-state index in [2.05, 4.69) is 15.3 Å². The van der Waals surface area contributed by atoms with Crippen molar-refractivity contribution < 1.29 is 18.7 Å². The summed E-state index contributed by atoms with van der Waals surface area (Å²) in [5.41, 5.74) is 1.79. The zero-order chi connectivity index (χ0) is 22.0. The molecule has 4 rings (SSSR count). The van der Waals surface area contributed by atoms with E-state index in [1.165, 1.54) is 11.8 Å². The maximum Gasteiger partial charge on any atom is 0.256 e. The molecule has 9 heteroatoms. The van der Waals surface area contributed by atoms with Crippen molar-refractivity contribution in [2.75, 3.05) is 30.8 Å². The third-order valence-electron chi connectivity index (χ3n) is 5.19. The van der Waals surface area contributed by atoms with Crippen LogP contribution in [0, 0.1) is 13.8 Å². The number of hydrogen-bond acceptors (Lipinski definition) is 7. The highest BCUT2D eigenvalue weighted by Gasteiger charge is 2.23. The summed E-state index contributed by atoms with van der Waals surface area (Å²) in [6.45, 7) is 7.40. The molecule has 1 N–H and O–H groups in total. The molecule has 1 unspecified atom stereocenters. The van der Waals surface area contributed by atoms with Gasteiger partial charge in [-0.25, -0.2) is 4.98 Å². The van der Waals surface area contributed by atoms with Crippen LogP contribution in [0.25, 0.3) is 11.1 Å². The second-order valence-electron chi connectivity index (χ2n) is 7.45. The number of carbonyl (C=O) groups is 2. The molecule has 1 aromatic carbocycles. The summed E-state index contributed by atoms with van der Waals surface area (Å²) >= 11 is 1.22. The molecule has 2 amide bonds. The number of carbonyl (C=O) groups excluding carboxylic acids is 2. The number of ether oxygens (including phenoxy) is 1. The Hall–Kier alpha value is -2.91. The van der Waals surface area contributed by atoms with E-state index in [-0.39, 0.29) is 23.7 Å². The minimum atomic E-state index is -0.270. The van der Waals surface area contributed by atoms with Gasteiger partial charge in [0.1, 0.15) is 11.6 Å². The molecule has 2 aromatic heterocycles. The number of anilines is 1. The molecule has 8 nitrogen and oxygen atoms in total. The fourth-order valence-electron chi connectivity index (χ4n) is 3.42. The number of aryl methyl sites for hydroxylation is 2. The highest BCUT2D eigenvalue weighted by atomic mass is 32.2. The summed E-state index contributed by atoms with van der Waals surface area (Å²) < 4.78 is 11.3. The first-order valence-corrected chi connectivity index (χ1v) is 11.1. The summed E-state index contributed by atoms with van der Waals surface area (Å²) in [4.78, 5) is 36.1. The van der Waals surface area contributed by atoms with E-state index in [4.69, 9.17) is 9.15 Å². The molecule has 1 aliphatic heterocycles. The molecule has 0 bridgehead atoms. The van der Waals surface area contributed by atoms with Gasteiger partial charge in [0.15, 0.2) is 5.16 Å². The second-order valence-corrected chi connectivity index (χ2v) is 8.39. The molecule has 1 aliphatic rings. The predicted octanol–water partition coefficient (Wildman–Crippen LogP) is 3.43. The van der Waals surface area contributed by atoms with Crippen molar-refractivity contribution in [2.24, 2.45) is 0 Å². The highest BCUT2D eigenvalue weighted by molar-refractivity contribution is 7.99. The SMILES string of the molecule is Cc1oc2nc(SCC(=O)N3CCOC(C)C3)nc(NC(=O)c3ccccc3)c2c1C. The van der Waals surface area contributed by atoms with Gasteiger partial charge < -0.3 is 19.4 Å². The summed E-state index contributed by atoms with van der Waals surface area (Å²) in [5, 5.41) is 3.92. The van der Waals surface area contributed by atoms with Gasteiger partial charge in [-0.1, -0.05) is 30.0 Å². The lowest BCUT2D eigenvalue weighted by molar-refractivity contribution is -0.135. The van der Waals surface area contributed by atoms with Crippen molar-refractivity contribution in [1.29, 1.82) is 0 Å². The van der Waals surface area contributed by atoms with Crippen LogP contribution in [-0.4, -0.2) is 58.2 Å². The van der Waals surface area contributed by atoms with Crippen molar-refractivity contribution in [2.45, 2.75) is 32.0 Å². The van der Waals surface area contributed by atoms with Crippen LogP contribution in [0.3, 0.4) is 0 Å². The topological polar surface area (TPSA) is 97.6 Å². The van der Waals surface area contributed by atoms with Gasteiger partial charge in [0.25, 0.3) is 5.91 Å². The fraction of sp³-hybridized carbons (Fsp3) is 0.364. The Bertz CT molecular complexity index is 1120. The number of furan rings is 1. The van der Waals surface area contributed by atoms with Gasteiger partial charge in [-0.2, -0.15) is 4.98 Å². The van der Waals surface area contributed by atoms with Crippen molar-refractivity contribution >= 4 is 40.5 Å². The normalized spacial score (nSPS) is 16.5. The largest absolute Gasteiger partial charge is 0.443 e. The molecule has 0 aliphatic carbocycles. The lowest BCUT2D eigenvalue weighted by atomic mass is 10.2. The van der Waals surface area contributed by atoms with E-state index >= 15 is 0 Å². The Morgan fingerprint density at radius 2 is 2.00 bits per heavy atom. The number of morpholine rings is 1. The van der Waals surface area contributed by atoms with Gasteiger partial charge >= 0.3 is 0 Å². The molecule has 162 valence electrons. The monoisotopic (exact) mass is 440 g/mol. The molecule has 31 heavy (non-hydrogen) atoms. The van der Waals surface area contributed by atoms with Gasteiger partial charge in [-0.05, 0) is 32.9 Å². The standard InChI is InChI=1S/C22H24N4O4S/c1-13-11-26(9-10-29-13)17(27)12-31-22-24-19(18-14(2)15(3)30-21(18)25-22)23-20(28)16-7-5-4-6-8-16/h4-8,13H,9-12H2,1-3H3,(H,23,24,25,28). The summed E-state index contributed by atoms with van der Waals surface area (Å²) in [7, 11) is 0. The number of aromatic nitrogens is 2. The zero-order valence-corrected chi connectivity index (χ0v) is 18.5. The summed E-state index contributed by atoms with van der Waals surface area (Å²) in [6.07, 6.45) is 0.0316. The van der Waals surface area contributed by atoms with Crippen LogP contribution in [-0.2, 0) is 9.53 Å². The molecule has 1 fully saturated rings. The Morgan fingerprint density at radius 1 is 1.23 bits per heavy atom. The van der Waals surface area contributed by atoms with Gasteiger partial charge in [-0.3, -0.25) is 9.59 Å². The minimum absolute atomic E-state index is 0.00511. The minimum Gasteiger partial charge on any atom is -0.443 e. The zero-order valence-electron chi connectivity index (χ0n) is 17.7. The van der Waals surface area contributed by atoms with E-state index < -0.39 is 0 Å². The Labute approximate surface area is 184 Å². The number of hydrogen-bond donors (Lipinski definition) is 1. The molecule has 0 radical (unpaired) electrons. The smallest absolute Gasteiger partial charge is 0.256 e. The summed E-state index contributed by atoms with van der Waals surface area (Å²) in [5.74, 6) is 1.02. The van der Waals surface area contributed by atoms with Crippen LogP contribution in [0.15, 0.2) is 39.9 Å². The summed E-state index contributed by atoms with van der Waals surface area (Å²) in [6, 6.07) is 8.93. The van der Waals surface area contributed by atoms with Gasteiger partial charge in [-0.15, -0.1) is 0 Å². The van der Waals surface area contributed by atoms with Crippen molar-refractivity contribution in [3.05, 3.63) is 47.2 Å². The molecule has 0 saturated carbocycles. The Balaban J connectivity index is 1.57. The average Bonchev–Trinajstić information content (AvgIpc) is 3.06. The molecule has 3 aromatic rings. The molecule has 3 heterocycles. The molecular formula is C22H24N4O4S. The first-order valence-electron chi connectivity index (χ1n) is 10.1. The second kappa shape index (κ2) is 9.07. The molecule has 1 saturated heterocycles. The third kappa shape index (κ3) is 4.72. The van der Waals surface area contributed by atoms with Gasteiger partial charge in [0.2, 0.25) is 11.6 Å². The fourth-order valence-corrected chi connectivity index (χ4v) is 4.16. The molecule has 0 spiro atoms. The van der Waals surface area contributed by atoms with Crippen LogP contribution in [0.1, 0.15) is 28.6 Å². The maximum atomic E-state index is 12.7. The average molecular weight is 441 g/mol. The highest BCUT2D eigenvalue weighted by Crippen LogP contribution is 2.31. The van der Waals surface area contributed by atoms with Gasteiger partial charge in [0.05, 0.1) is 23.8 Å². The Morgan fingerprint density at radius 3 is 2.74 bits per heavy atom. The van der Waals surface area contributed by atoms with Crippen molar-refractivity contribution in [3.8, 4) is 0 Å².